The SMILES string of the molecule is COC(C)CNCc1cc(Br)ccc1[N+](=O)[O-]. The van der Waals surface area contributed by atoms with Gasteiger partial charge in [0.2, 0.25) is 0 Å². The first-order valence-corrected chi connectivity index (χ1v) is 6.00. The van der Waals surface area contributed by atoms with Gasteiger partial charge in [-0.2, -0.15) is 0 Å². The van der Waals surface area contributed by atoms with Gasteiger partial charge >= 0.3 is 0 Å². The molecule has 0 spiro atoms. The van der Waals surface area contributed by atoms with Gasteiger partial charge in [0.25, 0.3) is 5.69 Å². The van der Waals surface area contributed by atoms with Gasteiger partial charge in [0, 0.05) is 36.3 Å². The van der Waals surface area contributed by atoms with Crippen LogP contribution in [0.4, 0.5) is 5.69 Å². The topological polar surface area (TPSA) is 64.4 Å². The number of nitrogens with zero attached hydrogens (tertiary/aromatic N) is 1. The Morgan fingerprint density at radius 3 is 2.88 bits per heavy atom. The fourth-order valence-electron chi connectivity index (χ4n) is 1.37. The third kappa shape index (κ3) is 4.41. The summed E-state index contributed by atoms with van der Waals surface area (Å²) in [4.78, 5) is 10.5. The summed E-state index contributed by atoms with van der Waals surface area (Å²) < 4.78 is 5.92. The summed E-state index contributed by atoms with van der Waals surface area (Å²) in [6.45, 7) is 3.03. The van der Waals surface area contributed by atoms with Crippen LogP contribution in [-0.2, 0) is 11.3 Å². The molecule has 6 heteroatoms. The fraction of sp³-hybridized carbons (Fsp3) is 0.455. The van der Waals surface area contributed by atoms with Gasteiger partial charge in [0.15, 0.2) is 0 Å². The molecule has 0 heterocycles. The number of hydrogen-bond acceptors (Lipinski definition) is 4. The third-order valence-electron chi connectivity index (χ3n) is 2.39. The number of ether oxygens (including phenoxy) is 1. The number of nitrogens with one attached hydrogen (secondary N) is 1. The molecule has 1 unspecified atom stereocenters. The molecule has 0 amide bonds. The van der Waals surface area contributed by atoms with Crippen molar-refractivity contribution >= 4 is 21.6 Å². The minimum absolute atomic E-state index is 0.0845. The molecule has 1 atom stereocenters. The Kier molecular flexibility index (Phi) is 5.54. The van der Waals surface area contributed by atoms with Gasteiger partial charge < -0.3 is 10.1 Å². The van der Waals surface area contributed by atoms with Crippen molar-refractivity contribution in [3.8, 4) is 0 Å². The standard InChI is InChI=1S/C11H15BrN2O3/c1-8(17-2)6-13-7-9-5-10(12)3-4-11(9)14(15)16/h3-5,8,13H,6-7H2,1-2H3. The Balaban J connectivity index is 2.68. The van der Waals surface area contributed by atoms with Crippen molar-refractivity contribution in [2.75, 3.05) is 13.7 Å². The lowest BCUT2D eigenvalue weighted by Gasteiger charge is -2.11. The minimum Gasteiger partial charge on any atom is -0.380 e. The van der Waals surface area contributed by atoms with Crippen molar-refractivity contribution in [1.82, 2.24) is 5.32 Å². The molecule has 94 valence electrons. The molecule has 0 aliphatic carbocycles. The lowest BCUT2D eigenvalue weighted by Crippen LogP contribution is -2.25. The number of hydrogen-bond donors (Lipinski definition) is 1. The molecular weight excluding hydrogens is 288 g/mol. The molecule has 1 aromatic carbocycles. The summed E-state index contributed by atoms with van der Waals surface area (Å²) >= 11 is 3.30. The molecule has 1 N–H and O–H groups in total. The lowest BCUT2D eigenvalue weighted by atomic mass is 10.2. The largest absolute Gasteiger partial charge is 0.380 e. The molecule has 1 aromatic rings. The van der Waals surface area contributed by atoms with Crippen LogP contribution in [0, 0.1) is 10.1 Å². The predicted octanol–water partition coefficient (Wildman–Crippen LogP) is 2.48. The number of rotatable bonds is 6. The van der Waals surface area contributed by atoms with Gasteiger partial charge in [-0.1, -0.05) is 15.9 Å². The maximum absolute atomic E-state index is 10.8. The smallest absolute Gasteiger partial charge is 0.273 e. The van der Waals surface area contributed by atoms with E-state index in [0.717, 1.165) is 4.47 Å². The summed E-state index contributed by atoms with van der Waals surface area (Å²) in [5, 5.41) is 13.9. The van der Waals surface area contributed by atoms with Gasteiger partial charge in [0.1, 0.15) is 0 Å². The molecule has 0 fully saturated rings. The molecule has 0 saturated carbocycles. The number of benzene rings is 1. The Labute approximate surface area is 108 Å². The van der Waals surface area contributed by atoms with E-state index in [1.54, 1.807) is 19.2 Å². The first-order chi connectivity index (χ1) is 8.04. The molecule has 1 rings (SSSR count). The van der Waals surface area contributed by atoms with E-state index in [1.807, 2.05) is 6.92 Å². The average Bonchev–Trinajstić information content (AvgIpc) is 2.28. The highest BCUT2D eigenvalue weighted by atomic mass is 79.9. The van der Waals surface area contributed by atoms with Crippen LogP contribution < -0.4 is 5.32 Å². The lowest BCUT2D eigenvalue weighted by molar-refractivity contribution is -0.385. The van der Waals surface area contributed by atoms with Gasteiger partial charge in [0.05, 0.1) is 11.0 Å². The van der Waals surface area contributed by atoms with Crippen LogP contribution >= 0.6 is 15.9 Å². The van der Waals surface area contributed by atoms with Gasteiger partial charge in [-0.25, -0.2) is 0 Å². The van der Waals surface area contributed by atoms with E-state index in [-0.39, 0.29) is 16.7 Å². The second kappa shape index (κ2) is 6.68. The molecule has 0 radical (unpaired) electrons. The van der Waals surface area contributed by atoms with E-state index < -0.39 is 0 Å². The van der Waals surface area contributed by atoms with Crippen molar-refractivity contribution in [2.45, 2.75) is 19.6 Å². The van der Waals surface area contributed by atoms with Crippen molar-refractivity contribution in [2.24, 2.45) is 0 Å². The van der Waals surface area contributed by atoms with Crippen LogP contribution in [0.5, 0.6) is 0 Å². The van der Waals surface area contributed by atoms with Crippen molar-refractivity contribution in [3.63, 3.8) is 0 Å². The molecule has 5 nitrogen and oxygen atoms in total. The molecule has 17 heavy (non-hydrogen) atoms. The summed E-state index contributed by atoms with van der Waals surface area (Å²) in [6, 6.07) is 4.92. The Morgan fingerprint density at radius 1 is 1.59 bits per heavy atom. The Hall–Kier alpha value is -0.980. The molecule has 0 aliphatic heterocycles. The summed E-state index contributed by atoms with van der Waals surface area (Å²) in [7, 11) is 1.63. The quantitative estimate of drug-likeness (QED) is 0.648. The highest BCUT2D eigenvalue weighted by Gasteiger charge is 2.13. The van der Waals surface area contributed by atoms with Crippen molar-refractivity contribution in [3.05, 3.63) is 38.3 Å². The van der Waals surface area contributed by atoms with E-state index in [9.17, 15) is 10.1 Å². The van der Waals surface area contributed by atoms with Crippen LogP contribution in [0.25, 0.3) is 0 Å². The minimum atomic E-state index is -0.372. The molecule has 0 aromatic heterocycles. The zero-order chi connectivity index (χ0) is 12.8. The fourth-order valence-corrected chi connectivity index (χ4v) is 1.78. The van der Waals surface area contributed by atoms with Crippen molar-refractivity contribution in [1.29, 1.82) is 0 Å². The van der Waals surface area contributed by atoms with E-state index >= 15 is 0 Å². The third-order valence-corrected chi connectivity index (χ3v) is 2.88. The maximum atomic E-state index is 10.8. The monoisotopic (exact) mass is 302 g/mol. The van der Waals surface area contributed by atoms with Crippen molar-refractivity contribution < 1.29 is 9.66 Å². The van der Waals surface area contributed by atoms with E-state index in [2.05, 4.69) is 21.2 Å². The summed E-state index contributed by atoms with van der Waals surface area (Å²) in [5.41, 5.74) is 0.790. The second-order valence-corrected chi connectivity index (χ2v) is 4.62. The van der Waals surface area contributed by atoms with Crippen LogP contribution in [-0.4, -0.2) is 24.7 Å². The number of nitro benzene ring substituents is 1. The van der Waals surface area contributed by atoms with E-state index in [4.69, 9.17) is 4.74 Å². The predicted molar refractivity (Wildman–Crippen MR) is 69.0 cm³/mol. The molecular formula is C11H15BrN2O3. The van der Waals surface area contributed by atoms with Gasteiger partial charge in [-0.05, 0) is 19.1 Å². The molecule has 0 bridgehead atoms. The highest BCUT2D eigenvalue weighted by Crippen LogP contribution is 2.22. The number of halogens is 1. The maximum Gasteiger partial charge on any atom is 0.273 e. The highest BCUT2D eigenvalue weighted by molar-refractivity contribution is 9.10. The zero-order valence-electron chi connectivity index (χ0n) is 9.77. The van der Waals surface area contributed by atoms with Crippen LogP contribution in [0.2, 0.25) is 0 Å². The summed E-state index contributed by atoms with van der Waals surface area (Å²) in [5.74, 6) is 0. The van der Waals surface area contributed by atoms with Crippen LogP contribution in [0.1, 0.15) is 12.5 Å². The summed E-state index contributed by atoms with van der Waals surface area (Å²) in [6.07, 6.45) is 0.0845. The van der Waals surface area contributed by atoms with Gasteiger partial charge in [-0.15, -0.1) is 0 Å². The number of nitro groups is 1. The number of methoxy groups -OCH3 is 1. The first-order valence-electron chi connectivity index (χ1n) is 5.21. The van der Waals surface area contributed by atoms with Crippen LogP contribution in [0.15, 0.2) is 22.7 Å². The molecule has 0 saturated heterocycles. The van der Waals surface area contributed by atoms with Gasteiger partial charge in [-0.3, -0.25) is 10.1 Å². The Morgan fingerprint density at radius 2 is 2.29 bits per heavy atom. The van der Waals surface area contributed by atoms with E-state index in [0.29, 0.717) is 18.7 Å². The normalized spacial score (nSPS) is 12.4. The zero-order valence-corrected chi connectivity index (χ0v) is 11.4. The molecule has 0 aliphatic rings. The second-order valence-electron chi connectivity index (χ2n) is 3.71. The van der Waals surface area contributed by atoms with Crippen LogP contribution in [0.3, 0.4) is 0 Å². The average molecular weight is 303 g/mol. The Bertz CT molecular complexity index is 398. The van der Waals surface area contributed by atoms with E-state index in [1.165, 1.54) is 6.07 Å². The first kappa shape index (κ1) is 14.1.